The van der Waals surface area contributed by atoms with Gasteiger partial charge in [0.1, 0.15) is 6.29 Å². The van der Waals surface area contributed by atoms with Gasteiger partial charge in [-0.3, -0.25) is 0 Å². The van der Waals surface area contributed by atoms with Gasteiger partial charge in [-0.1, -0.05) is 32.6 Å². The molecule has 60 valence electrons. The number of hydrogen-bond donors (Lipinski definition) is 0. The maximum atomic E-state index is 10.1. The molecule has 0 bridgehead atoms. The Bertz CT molecular complexity index is 104. The zero-order valence-electron chi connectivity index (χ0n) is 7.48. The molecule has 0 aromatic carbocycles. The number of aldehydes is 1. The summed E-state index contributed by atoms with van der Waals surface area (Å²) in [7, 11) is -0.916. The van der Waals surface area contributed by atoms with Crippen molar-refractivity contribution in [3.05, 3.63) is 0 Å². The summed E-state index contributed by atoms with van der Waals surface area (Å²) in [5.41, 5.74) is 0. The summed E-state index contributed by atoms with van der Waals surface area (Å²) in [6, 6.07) is 1.27. The molecule has 0 amide bonds. The lowest BCUT2D eigenvalue weighted by Crippen LogP contribution is -2.22. The highest BCUT2D eigenvalue weighted by atomic mass is 28.3. The van der Waals surface area contributed by atoms with Crippen LogP contribution in [0, 0.1) is 5.92 Å². The van der Waals surface area contributed by atoms with Gasteiger partial charge in [0.25, 0.3) is 0 Å². The van der Waals surface area contributed by atoms with Crippen LogP contribution in [0.25, 0.3) is 0 Å². The summed E-state index contributed by atoms with van der Waals surface area (Å²) in [5, 5.41) is 0. The molecule has 10 heavy (non-hydrogen) atoms. The first-order chi connectivity index (χ1) is 4.45. The predicted molar refractivity (Wildman–Crippen MR) is 48.0 cm³/mol. The van der Waals surface area contributed by atoms with Crippen LogP contribution in [0.3, 0.4) is 0 Å². The maximum Gasteiger partial charge on any atom is 0.120 e. The molecule has 0 saturated heterocycles. The second kappa shape index (κ2) is 3.91. The van der Waals surface area contributed by atoms with E-state index in [2.05, 4.69) is 26.6 Å². The molecule has 0 aliphatic carbocycles. The van der Waals surface area contributed by atoms with Crippen LogP contribution in [0.15, 0.2) is 0 Å². The van der Waals surface area contributed by atoms with E-state index in [1.54, 1.807) is 0 Å². The van der Waals surface area contributed by atoms with E-state index in [4.69, 9.17) is 0 Å². The molecule has 0 heterocycles. The second-order valence-electron chi connectivity index (χ2n) is 4.27. The van der Waals surface area contributed by atoms with Gasteiger partial charge >= 0.3 is 0 Å². The van der Waals surface area contributed by atoms with E-state index in [0.717, 1.165) is 12.7 Å². The van der Waals surface area contributed by atoms with E-state index in [1.165, 1.54) is 6.04 Å². The van der Waals surface area contributed by atoms with Crippen LogP contribution in [-0.4, -0.2) is 14.4 Å². The lowest BCUT2D eigenvalue weighted by Gasteiger charge is -2.19. The molecule has 0 saturated carbocycles. The molecule has 0 aliphatic heterocycles. The molecular weight excluding hydrogens is 140 g/mol. The molecule has 0 aliphatic rings. The van der Waals surface area contributed by atoms with Gasteiger partial charge < -0.3 is 4.79 Å². The van der Waals surface area contributed by atoms with Gasteiger partial charge in [0.15, 0.2) is 0 Å². The molecule has 2 heteroatoms. The van der Waals surface area contributed by atoms with Crippen LogP contribution in [0.4, 0.5) is 0 Å². The van der Waals surface area contributed by atoms with E-state index in [1.807, 2.05) is 0 Å². The first-order valence-electron chi connectivity index (χ1n) is 3.89. The third-order valence-electron chi connectivity index (χ3n) is 1.46. The van der Waals surface area contributed by atoms with E-state index in [9.17, 15) is 4.79 Å². The molecule has 1 atom stereocenters. The summed E-state index contributed by atoms with van der Waals surface area (Å²) in [6.45, 7) is 9.18. The Morgan fingerprint density at radius 2 is 1.90 bits per heavy atom. The Morgan fingerprint density at radius 1 is 1.40 bits per heavy atom. The topological polar surface area (TPSA) is 17.1 Å². The fourth-order valence-corrected chi connectivity index (χ4v) is 3.55. The van der Waals surface area contributed by atoms with Gasteiger partial charge in [-0.15, -0.1) is 0 Å². The van der Waals surface area contributed by atoms with Crippen LogP contribution in [0.5, 0.6) is 0 Å². The summed E-state index contributed by atoms with van der Waals surface area (Å²) in [6.07, 6.45) is 1.77. The van der Waals surface area contributed by atoms with Gasteiger partial charge in [-0.25, -0.2) is 0 Å². The average Bonchev–Trinajstić information content (AvgIpc) is 1.59. The molecule has 0 fully saturated rings. The molecule has 0 N–H and O–H groups in total. The summed E-state index contributed by atoms with van der Waals surface area (Å²) < 4.78 is 0. The van der Waals surface area contributed by atoms with Crippen LogP contribution in [0.2, 0.25) is 25.7 Å². The van der Waals surface area contributed by atoms with Crippen molar-refractivity contribution in [2.24, 2.45) is 5.92 Å². The monoisotopic (exact) mass is 158 g/mol. The van der Waals surface area contributed by atoms with Crippen LogP contribution >= 0.6 is 0 Å². The lowest BCUT2D eigenvalue weighted by molar-refractivity contribution is -0.108. The SMILES string of the molecule is CC(CC=O)C[Si](C)(C)C. The van der Waals surface area contributed by atoms with Crippen molar-refractivity contribution < 1.29 is 4.79 Å². The second-order valence-corrected chi connectivity index (χ2v) is 9.80. The highest BCUT2D eigenvalue weighted by Crippen LogP contribution is 2.17. The minimum Gasteiger partial charge on any atom is -0.303 e. The number of carbonyl (C=O) groups is 1. The van der Waals surface area contributed by atoms with Crippen LogP contribution in [-0.2, 0) is 4.79 Å². The van der Waals surface area contributed by atoms with Gasteiger partial charge in [-0.05, 0) is 5.92 Å². The Balaban J connectivity index is 3.56. The molecule has 0 spiro atoms. The minimum absolute atomic E-state index is 0.601. The number of rotatable bonds is 4. The summed E-state index contributed by atoms with van der Waals surface area (Å²) >= 11 is 0. The Labute approximate surface area is 64.8 Å². The molecule has 1 unspecified atom stereocenters. The molecular formula is C8H18OSi. The maximum absolute atomic E-state index is 10.1. The van der Waals surface area contributed by atoms with Gasteiger partial charge in [-0.2, -0.15) is 0 Å². The molecule has 0 aromatic heterocycles. The predicted octanol–water partition coefficient (Wildman–Crippen LogP) is 2.55. The number of carbonyl (C=O) groups excluding carboxylic acids is 1. The normalized spacial score (nSPS) is 14.8. The quantitative estimate of drug-likeness (QED) is 0.454. The van der Waals surface area contributed by atoms with Crippen molar-refractivity contribution in [2.75, 3.05) is 0 Å². The standard InChI is InChI=1S/C8H18OSi/c1-8(5-6-9)7-10(2,3)4/h6,8H,5,7H2,1-4H3. The van der Waals surface area contributed by atoms with Crippen molar-refractivity contribution >= 4 is 14.4 Å². The van der Waals surface area contributed by atoms with Crippen molar-refractivity contribution in [1.82, 2.24) is 0 Å². The first kappa shape index (κ1) is 9.89. The van der Waals surface area contributed by atoms with E-state index >= 15 is 0 Å². The fraction of sp³-hybridized carbons (Fsp3) is 0.875. The third-order valence-corrected chi connectivity index (χ3v) is 3.38. The highest BCUT2D eigenvalue weighted by molar-refractivity contribution is 6.76. The third kappa shape index (κ3) is 6.01. The zero-order chi connectivity index (χ0) is 8.20. The minimum atomic E-state index is -0.916. The van der Waals surface area contributed by atoms with Gasteiger partial charge in [0, 0.05) is 14.5 Å². The molecule has 0 rings (SSSR count). The van der Waals surface area contributed by atoms with E-state index in [-0.39, 0.29) is 0 Å². The lowest BCUT2D eigenvalue weighted by atomic mass is 10.1. The highest BCUT2D eigenvalue weighted by Gasteiger charge is 2.16. The molecule has 1 nitrogen and oxygen atoms in total. The van der Waals surface area contributed by atoms with E-state index in [0.29, 0.717) is 5.92 Å². The summed E-state index contributed by atoms with van der Waals surface area (Å²) in [5.74, 6) is 0.601. The van der Waals surface area contributed by atoms with Crippen molar-refractivity contribution in [2.45, 2.75) is 39.0 Å². The Hall–Kier alpha value is -0.113. The van der Waals surface area contributed by atoms with Crippen LogP contribution in [0.1, 0.15) is 13.3 Å². The largest absolute Gasteiger partial charge is 0.303 e. The van der Waals surface area contributed by atoms with Crippen molar-refractivity contribution in [3.63, 3.8) is 0 Å². The number of hydrogen-bond acceptors (Lipinski definition) is 1. The molecule has 0 radical (unpaired) electrons. The molecule has 0 aromatic rings. The van der Waals surface area contributed by atoms with Gasteiger partial charge in [0.05, 0.1) is 0 Å². The van der Waals surface area contributed by atoms with Crippen LogP contribution < -0.4 is 0 Å². The van der Waals surface area contributed by atoms with E-state index < -0.39 is 8.07 Å². The zero-order valence-corrected chi connectivity index (χ0v) is 8.48. The Morgan fingerprint density at radius 3 is 2.20 bits per heavy atom. The Kier molecular flexibility index (Phi) is 3.87. The summed E-state index contributed by atoms with van der Waals surface area (Å²) in [4.78, 5) is 10.1. The van der Waals surface area contributed by atoms with Gasteiger partial charge in [0.2, 0.25) is 0 Å². The van der Waals surface area contributed by atoms with Crippen molar-refractivity contribution in [3.8, 4) is 0 Å². The van der Waals surface area contributed by atoms with Crippen molar-refractivity contribution in [1.29, 1.82) is 0 Å². The first-order valence-corrected chi connectivity index (χ1v) is 7.60. The fourth-order valence-electron chi connectivity index (χ4n) is 1.29. The smallest absolute Gasteiger partial charge is 0.120 e. The average molecular weight is 158 g/mol.